The molecule has 0 aromatic heterocycles. The van der Waals surface area contributed by atoms with Gasteiger partial charge < -0.3 is 15.4 Å². The fourth-order valence-electron chi connectivity index (χ4n) is 1.88. The molecule has 7 nitrogen and oxygen atoms in total. The minimum Gasteiger partial charge on any atom is -0.462 e. The minimum absolute atomic E-state index is 0.0559. The van der Waals surface area contributed by atoms with Gasteiger partial charge in [-0.1, -0.05) is 6.92 Å². The quantitative estimate of drug-likeness (QED) is 0.719. The summed E-state index contributed by atoms with van der Waals surface area (Å²) in [5, 5.41) is 5.51. The molecule has 0 radical (unpaired) electrons. The highest BCUT2D eigenvalue weighted by atomic mass is 32.2. The summed E-state index contributed by atoms with van der Waals surface area (Å²) in [6.07, 6.45) is 1.03. The first kappa shape index (κ1) is 19.1. The Kier molecular flexibility index (Phi) is 6.71. The SMILES string of the molecule is CCOC(=O)c1cc(NC(=O)C(C)CNC)cc(S(C)(=O)=O)c1. The lowest BCUT2D eigenvalue weighted by Gasteiger charge is -2.13. The van der Waals surface area contributed by atoms with Gasteiger partial charge in [-0.15, -0.1) is 0 Å². The van der Waals surface area contributed by atoms with Gasteiger partial charge in [0.1, 0.15) is 0 Å². The highest BCUT2D eigenvalue weighted by Gasteiger charge is 2.18. The maximum absolute atomic E-state index is 12.1. The summed E-state index contributed by atoms with van der Waals surface area (Å²) >= 11 is 0. The third kappa shape index (κ3) is 5.65. The van der Waals surface area contributed by atoms with E-state index in [2.05, 4.69) is 10.6 Å². The molecule has 0 fully saturated rings. The van der Waals surface area contributed by atoms with E-state index < -0.39 is 15.8 Å². The molecule has 128 valence electrons. The molecule has 1 unspecified atom stereocenters. The van der Waals surface area contributed by atoms with Crippen molar-refractivity contribution in [1.29, 1.82) is 0 Å². The predicted molar refractivity (Wildman–Crippen MR) is 87.2 cm³/mol. The number of ether oxygens (including phenoxy) is 1. The van der Waals surface area contributed by atoms with Crippen molar-refractivity contribution in [3.63, 3.8) is 0 Å². The Balaban J connectivity index is 3.18. The number of hydrogen-bond acceptors (Lipinski definition) is 6. The lowest BCUT2D eigenvalue weighted by atomic mass is 10.1. The highest BCUT2D eigenvalue weighted by molar-refractivity contribution is 7.90. The molecule has 1 aromatic rings. The number of carbonyl (C=O) groups is 2. The van der Waals surface area contributed by atoms with E-state index in [1.165, 1.54) is 18.2 Å². The molecule has 0 heterocycles. The highest BCUT2D eigenvalue weighted by Crippen LogP contribution is 2.20. The average molecular weight is 342 g/mol. The summed E-state index contributed by atoms with van der Waals surface area (Å²) in [6, 6.07) is 3.96. The molecule has 23 heavy (non-hydrogen) atoms. The van der Waals surface area contributed by atoms with Gasteiger partial charge in [-0.05, 0) is 32.2 Å². The molecule has 0 spiro atoms. The van der Waals surface area contributed by atoms with Crippen LogP contribution in [0.5, 0.6) is 0 Å². The zero-order valence-corrected chi connectivity index (χ0v) is 14.5. The summed E-state index contributed by atoms with van der Waals surface area (Å²) in [5.41, 5.74) is 0.315. The molecule has 0 aliphatic heterocycles. The number of nitrogens with one attached hydrogen (secondary N) is 2. The Morgan fingerprint density at radius 1 is 1.26 bits per heavy atom. The molecular formula is C15H22N2O5S. The van der Waals surface area contributed by atoms with E-state index in [0.29, 0.717) is 6.54 Å². The first-order chi connectivity index (χ1) is 10.7. The van der Waals surface area contributed by atoms with Crippen LogP contribution in [0.15, 0.2) is 23.1 Å². The third-order valence-electron chi connectivity index (χ3n) is 3.07. The van der Waals surface area contributed by atoms with Crippen molar-refractivity contribution in [2.24, 2.45) is 5.92 Å². The van der Waals surface area contributed by atoms with Gasteiger partial charge in [0.2, 0.25) is 5.91 Å². The Labute approximate surface area is 136 Å². The summed E-state index contributed by atoms with van der Waals surface area (Å²) in [5.74, 6) is -1.23. The number of benzene rings is 1. The minimum atomic E-state index is -3.53. The van der Waals surface area contributed by atoms with Crippen LogP contribution >= 0.6 is 0 Å². The van der Waals surface area contributed by atoms with Gasteiger partial charge in [-0.2, -0.15) is 0 Å². The number of sulfone groups is 1. The van der Waals surface area contributed by atoms with Crippen LogP contribution in [0.1, 0.15) is 24.2 Å². The second-order valence-corrected chi connectivity index (χ2v) is 7.20. The molecular weight excluding hydrogens is 320 g/mol. The summed E-state index contributed by atoms with van der Waals surface area (Å²) in [6.45, 7) is 4.03. The maximum atomic E-state index is 12.1. The number of amides is 1. The van der Waals surface area contributed by atoms with Gasteiger partial charge in [-0.3, -0.25) is 4.79 Å². The topological polar surface area (TPSA) is 102 Å². The molecule has 0 aliphatic rings. The maximum Gasteiger partial charge on any atom is 0.338 e. The van der Waals surface area contributed by atoms with Crippen molar-refractivity contribution in [3.05, 3.63) is 23.8 Å². The number of hydrogen-bond donors (Lipinski definition) is 2. The van der Waals surface area contributed by atoms with Crippen LogP contribution in [-0.2, 0) is 19.4 Å². The smallest absolute Gasteiger partial charge is 0.338 e. The number of rotatable bonds is 7. The van der Waals surface area contributed by atoms with Gasteiger partial charge in [0.05, 0.1) is 17.1 Å². The average Bonchev–Trinajstić information content (AvgIpc) is 2.46. The largest absolute Gasteiger partial charge is 0.462 e. The number of carbonyl (C=O) groups excluding carboxylic acids is 2. The lowest BCUT2D eigenvalue weighted by molar-refractivity contribution is -0.119. The van der Waals surface area contributed by atoms with E-state index >= 15 is 0 Å². The van der Waals surface area contributed by atoms with E-state index in [4.69, 9.17) is 4.74 Å². The monoisotopic (exact) mass is 342 g/mol. The molecule has 1 atom stereocenters. The van der Waals surface area contributed by atoms with E-state index in [0.717, 1.165) is 6.26 Å². The Morgan fingerprint density at radius 2 is 1.91 bits per heavy atom. The van der Waals surface area contributed by atoms with Crippen molar-refractivity contribution in [3.8, 4) is 0 Å². The molecule has 0 bridgehead atoms. The lowest BCUT2D eigenvalue weighted by Crippen LogP contribution is -2.28. The first-order valence-electron chi connectivity index (χ1n) is 7.16. The molecule has 0 aliphatic carbocycles. The molecule has 0 saturated heterocycles. The fraction of sp³-hybridized carbons (Fsp3) is 0.467. The van der Waals surface area contributed by atoms with Crippen molar-refractivity contribution >= 4 is 27.4 Å². The van der Waals surface area contributed by atoms with Crippen LogP contribution in [-0.4, -0.2) is 46.7 Å². The van der Waals surface area contributed by atoms with Crippen LogP contribution in [0.3, 0.4) is 0 Å². The van der Waals surface area contributed by atoms with Crippen LogP contribution in [0.2, 0.25) is 0 Å². The van der Waals surface area contributed by atoms with E-state index in [1.807, 2.05) is 0 Å². The second kappa shape index (κ2) is 8.07. The van der Waals surface area contributed by atoms with Gasteiger partial charge in [0, 0.05) is 24.4 Å². The first-order valence-corrected chi connectivity index (χ1v) is 9.06. The molecule has 0 saturated carbocycles. The normalized spacial score (nSPS) is 12.5. The van der Waals surface area contributed by atoms with Crippen molar-refractivity contribution < 1.29 is 22.7 Å². The van der Waals surface area contributed by atoms with Gasteiger partial charge in [0.25, 0.3) is 0 Å². The van der Waals surface area contributed by atoms with Gasteiger partial charge in [-0.25, -0.2) is 13.2 Å². The Bertz CT molecular complexity index is 685. The van der Waals surface area contributed by atoms with Gasteiger partial charge >= 0.3 is 5.97 Å². The van der Waals surface area contributed by atoms with Crippen molar-refractivity contribution in [1.82, 2.24) is 5.32 Å². The third-order valence-corrected chi connectivity index (χ3v) is 4.16. The number of anilines is 1. The second-order valence-electron chi connectivity index (χ2n) is 5.19. The van der Waals surface area contributed by atoms with Crippen LogP contribution < -0.4 is 10.6 Å². The van der Waals surface area contributed by atoms with Crippen LogP contribution in [0.4, 0.5) is 5.69 Å². The van der Waals surface area contributed by atoms with E-state index in [1.54, 1.807) is 20.9 Å². The molecule has 8 heteroatoms. The van der Waals surface area contributed by atoms with E-state index in [9.17, 15) is 18.0 Å². The van der Waals surface area contributed by atoms with Crippen molar-refractivity contribution in [2.75, 3.05) is 31.8 Å². The molecule has 2 N–H and O–H groups in total. The Morgan fingerprint density at radius 3 is 2.43 bits per heavy atom. The summed E-state index contributed by atoms with van der Waals surface area (Å²) in [7, 11) is -1.80. The van der Waals surface area contributed by atoms with E-state index in [-0.39, 0.29) is 34.6 Å². The van der Waals surface area contributed by atoms with Crippen molar-refractivity contribution in [2.45, 2.75) is 18.7 Å². The summed E-state index contributed by atoms with van der Waals surface area (Å²) in [4.78, 5) is 23.9. The predicted octanol–water partition coefficient (Wildman–Crippen LogP) is 1.06. The standard InChI is InChI=1S/C15H22N2O5S/c1-5-22-15(19)11-6-12(8-13(7-11)23(4,20)21)17-14(18)10(2)9-16-3/h6-8,10,16H,5,9H2,1-4H3,(H,17,18). The zero-order valence-electron chi connectivity index (χ0n) is 13.7. The Hall–Kier alpha value is -1.93. The summed E-state index contributed by atoms with van der Waals surface area (Å²) < 4.78 is 28.4. The molecule has 1 rings (SSSR count). The van der Waals surface area contributed by atoms with Gasteiger partial charge in [0.15, 0.2) is 9.84 Å². The fourth-order valence-corrected chi connectivity index (χ4v) is 2.56. The number of esters is 1. The van der Waals surface area contributed by atoms with Crippen LogP contribution in [0, 0.1) is 5.92 Å². The molecule has 1 amide bonds. The molecule has 1 aromatic carbocycles. The van der Waals surface area contributed by atoms with Crippen LogP contribution in [0.25, 0.3) is 0 Å². The zero-order chi connectivity index (χ0) is 17.6.